The van der Waals surface area contributed by atoms with Crippen molar-refractivity contribution in [1.82, 2.24) is 0 Å². The Kier molecular flexibility index (Phi) is 3.59. The van der Waals surface area contributed by atoms with E-state index < -0.39 is 5.97 Å². The van der Waals surface area contributed by atoms with Gasteiger partial charge in [0.1, 0.15) is 0 Å². The van der Waals surface area contributed by atoms with Gasteiger partial charge in [-0.05, 0) is 17.7 Å². The van der Waals surface area contributed by atoms with Gasteiger partial charge in [-0.25, -0.2) is 4.79 Å². The third kappa shape index (κ3) is 2.36. The van der Waals surface area contributed by atoms with Crippen molar-refractivity contribution in [3.63, 3.8) is 0 Å². The zero-order chi connectivity index (χ0) is 10.0. The van der Waals surface area contributed by atoms with Crippen molar-refractivity contribution in [2.24, 2.45) is 0 Å². The molecule has 0 spiro atoms. The lowest BCUT2D eigenvalue weighted by Gasteiger charge is -2.03. The van der Waals surface area contributed by atoms with E-state index in [2.05, 4.69) is 15.9 Å². The number of halogens is 3. The minimum absolute atomic E-state index is 0.0244. The summed E-state index contributed by atoms with van der Waals surface area (Å²) in [5.41, 5.74) is 0.799. The van der Waals surface area contributed by atoms with Gasteiger partial charge in [0.05, 0.1) is 10.6 Å². The molecule has 0 aliphatic rings. The summed E-state index contributed by atoms with van der Waals surface area (Å²) < 4.78 is 0. The molecule has 0 fully saturated rings. The van der Waals surface area contributed by atoms with Crippen LogP contribution >= 0.6 is 39.1 Å². The maximum absolute atomic E-state index is 10.6. The molecule has 1 rings (SSSR count). The van der Waals surface area contributed by atoms with Crippen LogP contribution in [-0.4, -0.2) is 11.1 Å². The molecular formula is C8H5BrCl2O2. The minimum atomic E-state index is -1.08. The highest BCUT2D eigenvalue weighted by atomic mass is 79.9. The average Bonchev–Trinajstić information content (AvgIpc) is 2.07. The van der Waals surface area contributed by atoms with Crippen molar-refractivity contribution in [1.29, 1.82) is 0 Å². The Morgan fingerprint density at radius 2 is 2.00 bits per heavy atom. The first kappa shape index (κ1) is 10.8. The molecule has 5 heteroatoms. The molecule has 1 aromatic carbocycles. The van der Waals surface area contributed by atoms with Crippen LogP contribution in [0.15, 0.2) is 12.1 Å². The Bertz CT molecular complexity index is 352. The molecule has 0 bridgehead atoms. The predicted octanol–water partition coefficient (Wildman–Crippen LogP) is 3.59. The van der Waals surface area contributed by atoms with Crippen LogP contribution in [0.4, 0.5) is 0 Å². The van der Waals surface area contributed by atoms with Gasteiger partial charge in [0.2, 0.25) is 0 Å². The number of hydrogen-bond acceptors (Lipinski definition) is 1. The SMILES string of the molecule is O=C(O)c1cc(Cl)c(CBr)cc1Cl. The number of carbonyl (C=O) groups is 1. The van der Waals surface area contributed by atoms with Crippen molar-refractivity contribution in [2.45, 2.75) is 5.33 Å². The molecule has 0 saturated carbocycles. The zero-order valence-electron chi connectivity index (χ0n) is 6.35. The van der Waals surface area contributed by atoms with Crippen LogP contribution in [0.3, 0.4) is 0 Å². The molecule has 0 aromatic heterocycles. The second-order valence-corrected chi connectivity index (χ2v) is 3.74. The van der Waals surface area contributed by atoms with Crippen LogP contribution in [0.2, 0.25) is 10.0 Å². The van der Waals surface area contributed by atoms with E-state index in [0.717, 1.165) is 5.56 Å². The molecule has 0 amide bonds. The number of alkyl halides is 1. The van der Waals surface area contributed by atoms with Crippen molar-refractivity contribution >= 4 is 45.1 Å². The summed E-state index contributed by atoms with van der Waals surface area (Å²) in [5, 5.41) is 9.85. The number of carboxylic acid groups (broad SMARTS) is 1. The molecular weight excluding hydrogens is 279 g/mol. The van der Waals surface area contributed by atoms with E-state index in [0.29, 0.717) is 10.4 Å². The Hall–Kier alpha value is -0.250. The first-order chi connectivity index (χ1) is 6.06. The average molecular weight is 284 g/mol. The molecule has 0 atom stereocenters. The van der Waals surface area contributed by atoms with E-state index in [-0.39, 0.29) is 10.6 Å². The van der Waals surface area contributed by atoms with Gasteiger partial charge in [0.25, 0.3) is 0 Å². The quantitative estimate of drug-likeness (QED) is 0.843. The summed E-state index contributed by atoms with van der Waals surface area (Å²) in [6.07, 6.45) is 0. The zero-order valence-corrected chi connectivity index (χ0v) is 9.45. The lowest BCUT2D eigenvalue weighted by molar-refractivity contribution is 0.0697. The standard InChI is InChI=1S/C8H5BrCl2O2/c9-3-4-1-7(11)5(8(12)13)2-6(4)10/h1-2H,3H2,(H,12,13). The maximum Gasteiger partial charge on any atom is 0.337 e. The van der Waals surface area contributed by atoms with Gasteiger partial charge in [-0.3, -0.25) is 0 Å². The lowest BCUT2D eigenvalue weighted by atomic mass is 10.1. The first-order valence-corrected chi connectivity index (χ1v) is 5.21. The van der Waals surface area contributed by atoms with Crippen molar-refractivity contribution in [3.05, 3.63) is 33.3 Å². The van der Waals surface area contributed by atoms with E-state index in [1.165, 1.54) is 6.07 Å². The highest BCUT2D eigenvalue weighted by Gasteiger charge is 2.11. The van der Waals surface area contributed by atoms with Crippen LogP contribution in [-0.2, 0) is 5.33 Å². The number of rotatable bonds is 2. The summed E-state index contributed by atoms with van der Waals surface area (Å²) in [4.78, 5) is 10.6. The fourth-order valence-corrected chi connectivity index (χ4v) is 1.98. The Labute approximate surface area is 93.6 Å². The molecule has 0 unspecified atom stereocenters. The normalized spacial score (nSPS) is 10.1. The third-order valence-corrected chi connectivity index (χ3v) is 2.78. The summed E-state index contributed by atoms with van der Waals surface area (Å²) in [5.74, 6) is -1.08. The fraction of sp³-hybridized carbons (Fsp3) is 0.125. The largest absolute Gasteiger partial charge is 0.478 e. The van der Waals surface area contributed by atoms with Crippen LogP contribution in [0.25, 0.3) is 0 Å². The van der Waals surface area contributed by atoms with E-state index in [4.69, 9.17) is 28.3 Å². The second-order valence-electron chi connectivity index (χ2n) is 2.36. The molecule has 1 N–H and O–H groups in total. The fourth-order valence-electron chi connectivity index (χ4n) is 0.854. The number of aromatic carboxylic acids is 1. The van der Waals surface area contributed by atoms with Gasteiger partial charge in [-0.15, -0.1) is 0 Å². The molecule has 1 aromatic rings. The number of carboxylic acids is 1. The topological polar surface area (TPSA) is 37.3 Å². The van der Waals surface area contributed by atoms with Crippen LogP contribution in [0.5, 0.6) is 0 Å². The molecule has 0 aliphatic heterocycles. The van der Waals surface area contributed by atoms with Crippen LogP contribution in [0.1, 0.15) is 15.9 Å². The summed E-state index contributed by atoms with van der Waals surface area (Å²) in [6.45, 7) is 0. The maximum atomic E-state index is 10.6. The number of hydrogen-bond donors (Lipinski definition) is 1. The molecule has 13 heavy (non-hydrogen) atoms. The van der Waals surface area contributed by atoms with Gasteiger partial charge < -0.3 is 5.11 Å². The van der Waals surface area contributed by atoms with Gasteiger partial charge in [-0.2, -0.15) is 0 Å². The number of benzene rings is 1. The highest BCUT2D eigenvalue weighted by Crippen LogP contribution is 2.26. The van der Waals surface area contributed by atoms with Gasteiger partial charge in [0.15, 0.2) is 0 Å². The van der Waals surface area contributed by atoms with E-state index in [1.54, 1.807) is 6.07 Å². The van der Waals surface area contributed by atoms with E-state index in [1.807, 2.05) is 0 Å². The molecule has 70 valence electrons. The Balaban J connectivity index is 3.28. The van der Waals surface area contributed by atoms with E-state index in [9.17, 15) is 4.79 Å². The van der Waals surface area contributed by atoms with Crippen LogP contribution < -0.4 is 0 Å². The second kappa shape index (κ2) is 4.31. The summed E-state index contributed by atoms with van der Waals surface area (Å²) in [6, 6.07) is 2.89. The van der Waals surface area contributed by atoms with Gasteiger partial charge in [-0.1, -0.05) is 39.1 Å². The molecule has 0 heterocycles. The summed E-state index contributed by atoms with van der Waals surface area (Å²) in [7, 11) is 0. The Morgan fingerprint density at radius 1 is 1.38 bits per heavy atom. The highest BCUT2D eigenvalue weighted by molar-refractivity contribution is 9.08. The molecule has 0 radical (unpaired) electrons. The minimum Gasteiger partial charge on any atom is -0.478 e. The van der Waals surface area contributed by atoms with Gasteiger partial charge in [0, 0.05) is 10.4 Å². The molecule has 2 nitrogen and oxygen atoms in total. The third-order valence-electron chi connectivity index (χ3n) is 1.51. The monoisotopic (exact) mass is 282 g/mol. The van der Waals surface area contributed by atoms with Crippen molar-refractivity contribution in [3.8, 4) is 0 Å². The van der Waals surface area contributed by atoms with E-state index >= 15 is 0 Å². The smallest absolute Gasteiger partial charge is 0.337 e. The Morgan fingerprint density at radius 3 is 2.46 bits per heavy atom. The summed E-state index contributed by atoms with van der Waals surface area (Å²) >= 11 is 14.7. The molecule has 0 saturated heterocycles. The van der Waals surface area contributed by atoms with Gasteiger partial charge >= 0.3 is 5.97 Å². The predicted molar refractivity (Wildman–Crippen MR) is 56.1 cm³/mol. The van der Waals surface area contributed by atoms with Crippen molar-refractivity contribution in [2.75, 3.05) is 0 Å². The van der Waals surface area contributed by atoms with Crippen molar-refractivity contribution < 1.29 is 9.90 Å². The van der Waals surface area contributed by atoms with Crippen LogP contribution in [0, 0.1) is 0 Å². The molecule has 0 aliphatic carbocycles. The lowest BCUT2D eigenvalue weighted by Crippen LogP contribution is -1.98. The first-order valence-electron chi connectivity index (χ1n) is 3.33.